The van der Waals surface area contributed by atoms with E-state index in [2.05, 4.69) is 16.6 Å². The van der Waals surface area contributed by atoms with Crippen molar-refractivity contribution < 1.29 is 19.1 Å². The number of hydrogen-bond acceptors (Lipinski definition) is 5. The van der Waals surface area contributed by atoms with Gasteiger partial charge < -0.3 is 14.3 Å². The maximum absolute atomic E-state index is 11.4. The fourth-order valence-corrected chi connectivity index (χ4v) is 2.97. The summed E-state index contributed by atoms with van der Waals surface area (Å²) in [6.45, 7) is 4.89. The van der Waals surface area contributed by atoms with E-state index in [1.54, 1.807) is 6.07 Å². The number of nitrogens with zero attached hydrogens (tertiary/aromatic N) is 1. The van der Waals surface area contributed by atoms with E-state index in [4.69, 9.17) is 4.42 Å². The minimum Gasteiger partial charge on any atom is -0.463 e. The zero-order valence-electron chi connectivity index (χ0n) is 12.3. The molecule has 0 radical (unpaired) electrons. The number of aliphatic hydroxyl groups is 1. The Morgan fingerprint density at radius 2 is 2.30 bits per heavy atom. The highest BCUT2D eigenvalue weighted by Crippen LogP contribution is 2.32. The summed E-state index contributed by atoms with van der Waals surface area (Å²) in [6, 6.07) is 3.95. The summed E-state index contributed by atoms with van der Waals surface area (Å²) < 4.78 is 10.2. The molecule has 1 aliphatic heterocycles. The first-order valence-electron chi connectivity index (χ1n) is 7.14. The third kappa shape index (κ3) is 3.22. The molecular weight excluding hydrogens is 258 g/mol. The van der Waals surface area contributed by atoms with Crippen molar-refractivity contribution in [1.82, 2.24) is 4.90 Å². The number of esters is 1. The molecule has 0 unspecified atom stereocenters. The molecule has 1 aliphatic rings. The summed E-state index contributed by atoms with van der Waals surface area (Å²) in [5.41, 5.74) is 0. The van der Waals surface area contributed by atoms with Crippen molar-refractivity contribution in [2.75, 3.05) is 13.7 Å². The van der Waals surface area contributed by atoms with E-state index in [-0.39, 0.29) is 17.9 Å². The lowest BCUT2D eigenvalue weighted by molar-refractivity contribution is 0.0556. The van der Waals surface area contributed by atoms with Crippen LogP contribution in [0.1, 0.15) is 55.5 Å². The van der Waals surface area contributed by atoms with Crippen LogP contribution in [0.2, 0.25) is 0 Å². The average molecular weight is 281 g/mol. The van der Waals surface area contributed by atoms with Gasteiger partial charge in [-0.25, -0.2) is 4.79 Å². The number of rotatable bonds is 5. The molecule has 2 heterocycles. The lowest BCUT2D eigenvalue weighted by Gasteiger charge is -2.30. The fourth-order valence-electron chi connectivity index (χ4n) is 2.97. The average Bonchev–Trinajstić information content (AvgIpc) is 3.05. The van der Waals surface area contributed by atoms with Crippen LogP contribution in [0, 0.1) is 0 Å². The normalized spacial score (nSPS) is 22.7. The monoisotopic (exact) mass is 281 g/mol. The maximum atomic E-state index is 11.4. The minimum atomic E-state index is -0.453. The van der Waals surface area contributed by atoms with Gasteiger partial charge in [-0.2, -0.15) is 0 Å². The predicted molar refractivity (Wildman–Crippen MR) is 74.5 cm³/mol. The van der Waals surface area contributed by atoms with Crippen LogP contribution in [-0.4, -0.2) is 41.8 Å². The van der Waals surface area contributed by atoms with Crippen LogP contribution < -0.4 is 0 Å². The second-order valence-corrected chi connectivity index (χ2v) is 5.49. The third-order valence-electron chi connectivity index (χ3n) is 3.96. The van der Waals surface area contributed by atoms with Gasteiger partial charge in [0.1, 0.15) is 5.76 Å². The second kappa shape index (κ2) is 6.41. The SMILES string of the molecule is COC(=O)c1ccc([C@H](C)N2CCC[C@@H]2C[C@H](C)O)o1. The summed E-state index contributed by atoms with van der Waals surface area (Å²) in [5.74, 6) is 0.550. The van der Waals surface area contributed by atoms with E-state index in [1.807, 2.05) is 13.0 Å². The quantitative estimate of drug-likeness (QED) is 0.839. The first-order chi connectivity index (χ1) is 9.52. The van der Waals surface area contributed by atoms with E-state index in [9.17, 15) is 9.90 Å². The Hall–Kier alpha value is -1.33. The van der Waals surface area contributed by atoms with Crippen molar-refractivity contribution in [1.29, 1.82) is 0 Å². The number of hydrogen-bond donors (Lipinski definition) is 1. The summed E-state index contributed by atoms with van der Waals surface area (Å²) in [4.78, 5) is 13.8. The highest BCUT2D eigenvalue weighted by Gasteiger charge is 2.31. The van der Waals surface area contributed by atoms with Crippen molar-refractivity contribution in [2.45, 2.75) is 51.3 Å². The maximum Gasteiger partial charge on any atom is 0.373 e. The summed E-state index contributed by atoms with van der Waals surface area (Å²) in [7, 11) is 1.34. The lowest BCUT2D eigenvalue weighted by atomic mass is 10.1. The highest BCUT2D eigenvalue weighted by atomic mass is 16.5. The minimum absolute atomic E-state index is 0.0969. The molecule has 1 aromatic heterocycles. The molecule has 3 atom stereocenters. The topological polar surface area (TPSA) is 62.9 Å². The van der Waals surface area contributed by atoms with Gasteiger partial charge in [-0.3, -0.25) is 4.90 Å². The van der Waals surface area contributed by atoms with Crippen molar-refractivity contribution >= 4 is 5.97 Å². The van der Waals surface area contributed by atoms with Crippen molar-refractivity contribution in [3.63, 3.8) is 0 Å². The molecular formula is C15H23NO4. The van der Waals surface area contributed by atoms with E-state index >= 15 is 0 Å². The number of aliphatic hydroxyl groups excluding tert-OH is 1. The van der Waals surface area contributed by atoms with Gasteiger partial charge in [0.2, 0.25) is 5.76 Å². The molecule has 1 fully saturated rings. The number of carbonyl (C=O) groups excluding carboxylic acids is 1. The molecule has 2 rings (SSSR count). The third-order valence-corrected chi connectivity index (χ3v) is 3.96. The first-order valence-corrected chi connectivity index (χ1v) is 7.14. The van der Waals surface area contributed by atoms with Crippen LogP contribution in [0.15, 0.2) is 16.5 Å². The standard InChI is InChI=1S/C15H23NO4/c1-10(17)9-12-5-4-8-16(12)11(2)13-6-7-14(20-13)15(18)19-3/h6-7,10-12,17H,4-5,8-9H2,1-3H3/t10-,11-,12+/m0/s1. The molecule has 0 aromatic carbocycles. The van der Waals surface area contributed by atoms with E-state index in [1.165, 1.54) is 7.11 Å². The molecule has 1 N–H and O–H groups in total. The number of ether oxygens (including phenoxy) is 1. The van der Waals surface area contributed by atoms with Crippen LogP contribution in [0.3, 0.4) is 0 Å². The molecule has 1 aromatic rings. The van der Waals surface area contributed by atoms with E-state index in [0.29, 0.717) is 6.04 Å². The zero-order chi connectivity index (χ0) is 14.7. The van der Waals surface area contributed by atoms with Gasteiger partial charge in [-0.1, -0.05) is 0 Å². The molecule has 5 heteroatoms. The van der Waals surface area contributed by atoms with Crippen molar-refractivity contribution in [2.24, 2.45) is 0 Å². The van der Waals surface area contributed by atoms with Gasteiger partial charge in [0.05, 0.1) is 19.3 Å². The number of furan rings is 1. The molecule has 0 spiro atoms. The Morgan fingerprint density at radius 3 is 2.95 bits per heavy atom. The smallest absolute Gasteiger partial charge is 0.373 e. The number of carbonyl (C=O) groups is 1. The lowest BCUT2D eigenvalue weighted by Crippen LogP contribution is -2.34. The molecule has 0 aliphatic carbocycles. The Morgan fingerprint density at radius 1 is 1.55 bits per heavy atom. The molecule has 5 nitrogen and oxygen atoms in total. The van der Waals surface area contributed by atoms with Gasteiger partial charge in [0.25, 0.3) is 0 Å². The Labute approximate surface area is 119 Å². The Kier molecular flexibility index (Phi) is 4.83. The molecule has 1 saturated heterocycles. The molecule has 112 valence electrons. The van der Waals surface area contributed by atoms with Gasteiger partial charge in [0, 0.05) is 6.04 Å². The predicted octanol–water partition coefficient (Wildman–Crippen LogP) is 2.36. The van der Waals surface area contributed by atoms with Gasteiger partial charge in [0.15, 0.2) is 0 Å². The summed E-state index contributed by atoms with van der Waals surface area (Å²) in [5, 5.41) is 9.58. The van der Waals surface area contributed by atoms with Crippen molar-refractivity contribution in [3.05, 3.63) is 23.7 Å². The number of likely N-dealkylation sites (tertiary alicyclic amines) is 1. The fraction of sp³-hybridized carbons (Fsp3) is 0.667. The largest absolute Gasteiger partial charge is 0.463 e. The van der Waals surface area contributed by atoms with Crippen LogP contribution in [-0.2, 0) is 4.74 Å². The van der Waals surface area contributed by atoms with Gasteiger partial charge in [-0.05, 0) is 51.8 Å². The van der Waals surface area contributed by atoms with E-state index in [0.717, 1.165) is 31.6 Å². The van der Waals surface area contributed by atoms with Crippen LogP contribution in [0.5, 0.6) is 0 Å². The number of methoxy groups -OCH3 is 1. The summed E-state index contributed by atoms with van der Waals surface area (Å²) >= 11 is 0. The van der Waals surface area contributed by atoms with Crippen molar-refractivity contribution in [3.8, 4) is 0 Å². The van der Waals surface area contributed by atoms with Crippen LogP contribution in [0.4, 0.5) is 0 Å². The summed E-state index contributed by atoms with van der Waals surface area (Å²) in [6.07, 6.45) is 2.70. The Balaban J connectivity index is 2.08. The second-order valence-electron chi connectivity index (χ2n) is 5.49. The highest BCUT2D eigenvalue weighted by molar-refractivity contribution is 5.86. The molecule has 0 amide bonds. The zero-order valence-corrected chi connectivity index (χ0v) is 12.3. The molecule has 0 saturated carbocycles. The van der Waals surface area contributed by atoms with Crippen LogP contribution in [0.25, 0.3) is 0 Å². The molecule has 20 heavy (non-hydrogen) atoms. The van der Waals surface area contributed by atoms with Gasteiger partial charge in [-0.15, -0.1) is 0 Å². The van der Waals surface area contributed by atoms with Crippen LogP contribution >= 0.6 is 0 Å². The first kappa shape index (κ1) is 15.1. The van der Waals surface area contributed by atoms with Gasteiger partial charge >= 0.3 is 5.97 Å². The Bertz CT molecular complexity index is 454. The van der Waals surface area contributed by atoms with E-state index < -0.39 is 5.97 Å². The molecule has 0 bridgehead atoms.